The monoisotopic (exact) mass is 530 g/mol. The molecule has 3 rings (SSSR count). The molecule has 6 nitrogen and oxygen atoms in total. The van der Waals surface area contributed by atoms with Crippen LogP contribution in [0.1, 0.15) is 18.9 Å². The molecule has 0 spiro atoms. The minimum Gasteiger partial charge on any atom is -0.494 e. The summed E-state index contributed by atoms with van der Waals surface area (Å²) >= 11 is 3.38. The smallest absolute Gasteiger partial charge is 0.264 e. The van der Waals surface area contributed by atoms with E-state index >= 15 is 0 Å². The van der Waals surface area contributed by atoms with E-state index in [1.807, 2.05) is 31.2 Å². The first-order valence-corrected chi connectivity index (χ1v) is 13.0. The molecule has 0 radical (unpaired) electrons. The van der Waals surface area contributed by atoms with E-state index in [9.17, 15) is 13.2 Å². The molecule has 0 unspecified atom stereocenters. The Balaban J connectivity index is 1.67. The maximum absolute atomic E-state index is 13.3. The van der Waals surface area contributed by atoms with E-state index in [4.69, 9.17) is 4.74 Å². The first-order chi connectivity index (χ1) is 15.9. The highest BCUT2D eigenvalue weighted by Crippen LogP contribution is 2.26. The quantitative estimate of drug-likeness (QED) is 0.361. The van der Waals surface area contributed by atoms with Crippen molar-refractivity contribution in [3.05, 3.63) is 88.9 Å². The van der Waals surface area contributed by atoms with Crippen molar-refractivity contribution in [2.75, 3.05) is 24.0 Å². The normalized spacial score (nSPS) is 11.1. The largest absolute Gasteiger partial charge is 0.494 e. The van der Waals surface area contributed by atoms with Gasteiger partial charge < -0.3 is 10.1 Å². The number of hydrogen-bond donors (Lipinski definition) is 1. The summed E-state index contributed by atoms with van der Waals surface area (Å²) in [5.74, 6) is 0.480. The molecule has 0 aliphatic heterocycles. The van der Waals surface area contributed by atoms with Gasteiger partial charge in [0.1, 0.15) is 12.3 Å². The Morgan fingerprint density at radius 1 is 1.00 bits per heavy atom. The third kappa shape index (κ3) is 6.82. The SMILES string of the molecule is CCOc1ccccc1CCCNC(=O)CN(c1cccc(Br)c1)S(=O)(=O)c1ccccc1. The van der Waals surface area contributed by atoms with E-state index in [-0.39, 0.29) is 17.3 Å². The number of amides is 1. The molecule has 33 heavy (non-hydrogen) atoms. The number of anilines is 1. The van der Waals surface area contributed by atoms with Crippen LogP contribution >= 0.6 is 15.9 Å². The van der Waals surface area contributed by atoms with E-state index in [0.29, 0.717) is 25.3 Å². The van der Waals surface area contributed by atoms with Gasteiger partial charge in [0.2, 0.25) is 5.91 Å². The average Bonchev–Trinajstić information content (AvgIpc) is 2.82. The van der Waals surface area contributed by atoms with Gasteiger partial charge in [-0.25, -0.2) is 8.42 Å². The lowest BCUT2D eigenvalue weighted by atomic mass is 10.1. The van der Waals surface area contributed by atoms with E-state index in [1.54, 1.807) is 42.5 Å². The van der Waals surface area contributed by atoms with Crippen LogP contribution in [-0.2, 0) is 21.2 Å². The lowest BCUT2D eigenvalue weighted by Crippen LogP contribution is -2.41. The highest BCUT2D eigenvalue weighted by Gasteiger charge is 2.27. The highest BCUT2D eigenvalue weighted by atomic mass is 79.9. The number of rotatable bonds is 11. The number of nitrogens with zero attached hydrogens (tertiary/aromatic N) is 1. The van der Waals surface area contributed by atoms with Crippen LogP contribution in [0.25, 0.3) is 0 Å². The van der Waals surface area contributed by atoms with Crippen molar-refractivity contribution in [2.24, 2.45) is 0 Å². The third-order valence-electron chi connectivity index (χ3n) is 4.93. The molecule has 0 saturated heterocycles. The molecule has 3 aromatic rings. The topological polar surface area (TPSA) is 75.7 Å². The fourth-order valence-corrected chi connectivity index (χ4v) is 5.19. The molecule has 3 aromatic carbocycles. The molecule has 0 aromatic heterocycles. The van der Waals surface area contributed by atoms with Crippen molar-refractivity contribution in [1.29, 1.82) is 0 Å². The summed E-state index contributed by atoms with van der Waals surface area (Å²) in [6.45, 7) is 2.65. The maximum Gasteiger partial charge on any atom is 0.264 e. The summed E-state index contributed by atoms with van der Waals surface area (Å²) in [5, 5.41) is 2.85. The van der Waals surface area contributed by atoms with Gasteiger partial charge in [0.25, 0.3) is 10.0 Å². The Labute approximate surface area is 203 Å². The van der Waals surface area contributed by atoms with Crippen LogP contribution in [0.2, 0.25) is 0 Å². The van der Waals surface area contributed by atoms with Gasteiger partial charge in [-0.15, -0.1) is 0 Å². The lowest BCUT2D eigenvalue weighted by molar-refractivity contribution is -0.119. The number of nitrogens with one attached hydrogen (secondary N) is 1. The first-order valence-electron chi connectivity index (χ1n) is 10.7. The number of halogens is 1. The molecule has 0 fully saturated rings. The molecule has 0 aliphatic rings. The van der Waals surface area contributed by atoms with E-state index < -0.39 is 10.0 Å². The molecule has 0 saturated carbocycles. The highest BCUT2D eigenvalue weighted by molar-refractivity contribution is 9.10. The van der Waals surface area contributed by atoms with Crippen LogP contribution in [0.5, 0.6) is 5.75 Å². The number of carbonyl (C=O) groups is 1. The average molecular weight is 531 g/mol. The Morgan fingerprint density at radius 3 is 2.45 bits per heavy atom. The van der Waals surface area contributed by atoms with Crippen LogP contribution < -0.4 is 14.4 Å². The second-order valence-electron chi connectivity index (χ2n) is 7.30. The summed E-state index contributed by atoms with van der Waals surface area (Å²) in [7, 11) is -3.92. The fourth-order valence-electron chi connectivity index (χ4n) is 3.37. The van der Waals surface area contributed by atoms with Crippen molar-refractivity contribution in [1.82, 2.24) is 5.32 Å². The molecule has 1 N–H and O–H groups in total. The van der Waals surface area contributed by atoms with Crippen molar-refractivity contribution in [3.63, 3.8) is 0 Å². The number of aryl methyl sites for hydroxylation is 1. The Hall–Kier alpha value is -2.84. The maximum atomic E-state index is 13.3. The van der Waals surface area contributed by atoms with E-state index in [0.717, 1.165) is 26.5 Å². The predicted molar refractivity (Wildman–Crippen MR) is 134 cm³/mol. The first kappa shape index (κ1) is 24.8. The number of hydrogen-bond acceptors (Lipinski definition) is 4. The zero-order valence-electron chi connectivity index (χ0n) is 18.4. The fraction of sp³-hybridized carbons (Fsp3) is 0.240. The lowest BCUT2D eigenvalue weighted by Gasteiger charge is -2.24. The molecular weight excluding hydrogens is 504 g/mol. The minimum absolute atomic E-state index is 0.130. The van der Waals surface area contributed by atoms with E-state index in [2.05, 4.69) is 21.2 Å². The zero-order chi connectivity index (χ0) is 23.7. The number of carbonyl (C=O) groups excluding carboxylic acids is 1. The van der Waals surface area contributed by atoms with Gasteiger partial charge in [-0.2, -0.15) is 0 Å². The van der Waals surface area contributed by atoms with Crippen molar-refractivity contribution in [2.45, 2.75) is 24.7 Å². The summed E-state index contributed by atoms with van der Waals surface area (Å²) in [6.07, 6.45) is 1.45. The van der Waals surface area contributed by atoms with Gasteiger partial charge in [-0.05, 0) is 61.7 Å². The summed E-state index contributed by atoms with van der Waals surface area (Å²) < 4.78 is 34.1. The molecule has 0 atom stereocenters. The van der Waals surface area contributed by atoms with Crippen LogP contribution in [0.15, 0.2) is 88.2 Å². The standard InChI is InChI=1S/C25H27BrN2O4S/c1-2-32-24-16-7-6-10-20(24)11-9-17-27-25(29)19-28(22-13-8-12-21(26)18-22)33(30,31)23-14-4-3-5-15-23/h3-8,10,12-16,18H,2,9,11,17,19H2,1H3,(H,27,29). The zero-order valence-corrected chi connectivity index (χ0v) is 20.8. The predicted octanol–water partition coefficient (Wildman–Crippen LogP) is 4.79. The van der Waals surface area contributed by atoms with Crippen LogP contribution in [0, 0.1) is 0 Å². The van der Waals surface area contributed by atoms with Crippen molar-refractivity contribution >= 4 is 37.5 Å². The molecular formula is C25H27BrN2O4S. The van der Waals surface area contributed by atoms with Crippen molar-refractivity contribution in [3.8, 4) is 5.75 Å². The van der Waals surface area contributed by atoms with Gasteiger partial charge in [0, 0.05) is 11.0 Å². The van der Waals surface area contributed by atoms with Gasteiger partial charge >= 0.3 is 0 Å². The second-order valence-corrected chi connectivity index (χ2v) is 10.1. The van der Waals surface area contributed by atoms with Gasteiger partial charge in [-0.3, -0.25) is 9.10 Å². The number of benzene rings is 3. The van der Waals surface area contributed by atoms with Crippen LogP contribution in [-0.4, -0.2) is 34.0 Å². The number of para-hydroxylation sites is 1. The van der Waals surface area contributed by atoms with Gasteiger partial charge in [0.15, 0.2) is 0 Å². The van der Waals surface area contributed by atoms with Crippen LogP contribution in [0.3, 0.4) is 0 Å². The Bertz CT molecular complexity index is 1170. The number of sulfonamides is 1. The molecule has 0 aliphatic carbocycles. The van der Waals surface area contributed by atoms with E-state index in [1.165, 1.54) is 12.1 Å². The third-order valence-corrected chi connectivity index (χ3v) is 7.21. The number of ether oxygens (including phenoxy) is 1. The summed E-state index contributed by atoms with van der Waals surface area (Å²) in [5.41, 5.74) is 1.49. The molecule has 8 heteroatoms. The molecule has 0 bridgehead atoms. The van der Waals surface area contributed by atoms with Crippen molar-refractivity contribution < 1.29 is 17.9 Å². The molecule has 1 amide bonds. The van der Waals surface area contributed by atoms with Gasteiger partial charge in [0.05, 0.1) is 17.2 Å². The summed E-state index contributed by atoms with van der Waals surface area (Å²) in [6, 6.07) is 22.8. The Morgan fingerprint density at radius 2 is 1.73 bits per heavy atom. The second kappa shape index (κ2) is 11.9. The minimum atomic E-state index is -3.92. The Kier molecular flexibility index (Phi) is 8.91. The van der Waals surface area contributed by atoms with Crippen LogP contribution in [0.4, 0.5) is 5.69 Å². The summed E-state index contributed by atoms with van der Waals surface area (Å²) in [4.78, 5) is 12.8. The van der Waals surface area contributed by atoms with Gasteiger partial charge in [-0.1, -0.05) is 58.4 Å². The molecule has 174 valence electrons. The molecule has 0 heterocycles.